The lowest BCUT2D eigenvalue weighted by Crippen LogP contribution is -2.34. The van der Waals surface area contributed by atoms with Crippen LogP contribution in [0.2, 0.25) is 0 Å². The topological polar surface area (TPSA) is 53.6 Å². The fourth-order valence-electron chi connectivity index (χ4n) is 3.51. The zero-order valence-corrected chi connectivity index (χ0v) is 17.7. The normalized spacial score (nSPS) is 16.9. The zero-order valence-electron chi connectivity index (χ0n) is 16.9. The molecule has 1 heterocycles. The number of rotatable bonds is 9. The first-order valence-corrected chi connectivity index (χ1v) is 10.8. The molecule has 1 aliphatic rings. The molecule has 156 valence electrons. The molecule has 1 saturated heterocycles. The maximum Gasteiger partial charge on any atom is 0.269 e. The molecule has 2 aromatic rings. The van der Waals surface area contributed by atoms with Gasteiger partial charge in [0.2, 0.25) is 0 Å². The number of aryl methyl sites for hydroxylation is 1. The molecule has 1 aliphatic heterocycles. The van der Waals surface area contributed by atoms with Crippen molar-refractivity contribution < 1.29 is 13.9 Å². The van der Waals surface area contributed by atoms with E-state index in [1.165, 1.54) is 11.9 Å². The van der Waals surface area contributed by atoms with Gasteiger partial charge in [0, 0.05) is 26.0 Å². The van der Waals surface area contributed by atoms with Crippen LogP contribution < -0.4 is 10.3 Å². The van der Waals surface area contributed by atoms with Crippen LogP contribution in [-0.2, 0) is 4.74 Å². The summed E-state index contributed by atoms with van der Waals surface area (Å²) in [6.07, 6.45) is 1.14. The first-order chi connectivity index (χ1) is 14.1. The van der Waals surface area contributed by atoms with Crippen LogP contribution in [0.25, 0.3) is 11.1 Å². The summed E-state index contributed by atoms with van der Waals surface area (Å²) in [5.41, 5.74) is 4.88. The van der Waals surface area contributed by atoms with Crippen molar-refractivity contribution in [2.24, 2.45) is 5.92 Å². The predicted molar refractivity (Wildman–Crippen MR) is 116 cm³/mol. The Hall–Kier alpha value is -1.93. The molecular weight excluding hydrogens is 389 g/mol. The number of hydrogen-bond donors (Lipinski definition) is 2. The van der Waals surface area contributed by atoms with E-state index >= 15 is 0 Å². The summed E-state index contributed by atoms with van der Waals surface area (Å²) in [5, 5.41) is 0. The van der Waals surface area contributed by atoms with Crippen molar-refractivity contribution in [2.75, 3.05) is 39.1 Å². The van der Waals surface area contributed by atoms with Crippen molar-refractivity contribution in [1.29, 1.82) is 0 Å². The number of carbonyl (C=O) groups excluding carboxylic acids is 1. The lowest BCUT2D eigenvalue weighted by molar-refractivity contribution is 0.0943. The van der Waals surface area contributed by atoms with Crippen LogP contribution in [0.5, 0.6) is 0 Å². The highest BCUT2D eigenvalue weighted by atomic mass is 32.2. The largest absolute Gasteiger partial charge is 0.383 e. The van der Waals surface area contributed by atoms with Crippen molar-refractivity contribution in [3.8, 4) is 11.1 Å². The van der Waals surface area contributed by atoms with Crippen LogP contribution in [0, 0.1) is 18.7 Å². The van der Waals surface area contributed by atoms with Crippen LogP contribution in [0.1, 0.15) is 22.3 Å². The minimum atomic E-state index is -0.487. The predicted octanol–water partition coefficient (Wildman–Crippen LogP) is 3.65. The van der Waals surface area contributed by atoms with Crippen LogP contribution in [0.15, 0.2) is 42.5 Å². The van der Waals surface area contributed by atoms with E-state index < -0.39 is 11.7 Å². The number of likely N-dealkylation sites (tertiary alicyclic amines) is 1. The summed E-state index contributed by atoms with van der Waals surface area (Å²) in [7, 11) is 1.72. The third kappa shape index (κ3) is 6.02. The van der Waals surface area contributed by atoms with Gasteiger partial charge in [0.25, 0.3) is 5.91 Å². The van der Waals surface area contributed by atoms with E-state index in [4.69, 9.17) is 4.74 Å². The number of benzene rings is 2. The van der Waals surface area contributed by atoms with Gasteiger partial charge in [-0.1, -0.05) is 42.3 Å². The van der Waals surface area contributed by atoms with Gasteiger partial charge >= 0.3 is 0 Å². The van der Waals surface area contributed by atoms with Crippen LogP contribution in [0.4, 0.5) is 4.39 Å². The van der Waals surface area contributed by atoms with Gasteiger partial charge in [-0.3, -0.25) is 10.2 Å². The highest BCUT2D eigenvalue weighted by molar-refractivity contribution is 7.97. The minimum absolute atomic E-state index is 0.0450. The van der Waals surface area contributed by atoms with Crippen LogP contribution in [0.3, 0.4) is 0 Å². The number of carbonyl (C=O) groups is 1. The molecule has 0 saturated carbocycles. The summed E-state index contributed by atoms with van der Waals surface area (Å²) in [5.74, 6) is 0.499. The number of hydrogen-bond acceptors (Lipinski definition) is 5. The monoisotopic (exact) mass is 417 g/mol. The van der Waals surface area contributed by atoms with Crippen molar-refractivity contribution in [3.05, 3.63) is 59.4 Å². The highest BCUT2D eigenvalue weighted by Crippen LogP contribution is 2.25. The summed E-state index contributed by atoms with van der Waals surface area (Å²) in [4.78, 5) is 17.8. The maximum absolute atomic E-state index is 14.5. The second-order valence-corrected chi connectivity index (χ2v) is 8.16. The van der Waals surface area contributed by atoms with E-state index in [0.29, 0.717) is 11.5 Å². The number of nitrogens with one attached hydrogen (secondary N) is 2. The zero-order chi connectivity index (χ0) is 20.6. The minimum Gasteiger partial charge on any atom is -0.383 e. The molecule has 3 rings (SSSR count). The first-order valence-electron chi connectivity index (χ1n) is 9.82. The molecule has 7 heteroatoms. The lowest BCUT2D eigenvalue weighted by atomic mass is 9.99. The molecule has 2 N–H and O–H groups in total. The highest BCUT2D eigenvalue weighted by Gasteiger charge is 2.22. The number of ether oxygens (including phenoxy) is 1. The quantitative estimate of drug-likeness (QED) is 0.371. The van der Waals surface area contributed by atoms with Crippen molar-refractivity contribution in [1.82, 2.24) is 15.2 Å². The lowest BCUT2D eigenvalue weighted by Gasteiger charge is -2.15. The summed E-state index contributed by atoms with van der Waals surface area (Å²) in [6.45, 7) is 5.51. The Bertz CT molecular complexity index is 819. The van der Waals surface area contributed by atoms with E-state index in [0.717, 1.165) is 49.5 Å². The fraction of sp³-hybridized carbons (Fsp3) is 0.409. The van der Waals surface area contributed by atoms with E-state index in [2.05, 4.69) is 15.2 Å². The number of methoxy groups -OCH3 is 1. The molecule has 1 unspecified atom stereocenters. The Balaban J connectivity index is 1.51. The van der Waals surface area contributed by atoms with Gasteiger partial charge in [0.15, 0.2) is 0 Å². The summed E-state index contributed by atoms with van der Waals surface area (Å²) < 4.78 is 19.7. The molecule has 0 spiro atoms. The number of halogens is 1. The van der Waals surface area contributed by atoms with Crippen molar-refractivity contribution in [2.45, 2.75) is 13.3 Å². The third-order valence-electron chi connectivity index (χ3n) is 5.14. The standard InChI is InChI=1S/C22H28FN3O2S/c1-16-12-19(18-6-4-3-5-7-18)13-20(21(16)23)22(27)24-25-29-15-17-8-9-26(14-17)10-11-28-2/h3-7,12-13,17,25H,8-11,14-15H2,1-2H3,(H,24,27). The average molecular weight is 418 g/mol. The second kappa shape index (κ2) is 10.7. The van der Waals surface area contributed by atoms with Crippen molar-refractivity contribution >= 4 is 17.9 Å². The summed E-state index contributed by atoms with van der Waals surface area (Å²) in [6, 6.07) is 13.0. The van der Waals surface area contributed by atoms with E-state index in [-0.39, 0.29) is 5.56 Å². The Kier molecular flexibility index (Phi) is 8.06. The molecule has 0 radical (unpaired) electrons. The van der Waals surface area contributed by atoms with E-state index in [9.17, 15) is 9.18 Å². The van der Waals surface area contributed by atoms with E-state index in [1.54, 1.807) is 26.2 Å². The fourth-order valence-corrected chi connectivity index (χ4v) is 4.27. The summed E-state index contributed by atoms with van der Waals surface area (Å²) >= 11 is 1.45. The van der Waals surface area contributed by atoms with Gasteiger partial charge in [0.05, 0.1) is 12.2 Å². The van der Waals surface area contributed by atoms with Crippen LogP contribution >= 0.6 is 11.9 Å². The average Bonchev–Trinajstić information content (AvgIpc) is 3.19. The number of nitrogens with zero attached hydrogens (tertiary/aromatic N) is 1. The van der Waals surface area contributed by atoms with Gasteiger partial charge in [-0.2, -0.15) is 4.83 Å². The molecule has 1 amide bonds. The number of hydrazine groups is 1. The molecule has 5 nitrogen and oxygen atoms in total. The molecule has 0 aromatic heterocycles. The maximum atomic E-state index is 14.5. The molecule has 1 atom stereocenters. The molecule has 29 heavy (non-hydrogen) atoms. The Morgan fingerprint density at radius 1 is 1.28 bits per heavy atom. The second-order valence-electron chi connectivity index (χ2n) is 7.34. The van der Waals surface area contributed by atoms with Gasteiger partial charge in [-0.15, -0.1) is 0 Å². The molecule has 0 aliphatic carbocycles. The van der Waals surface area contributed by atoms with Gasteiger partial charge in [-0.05, 0) is 54.6 Å². The van der Waals surface area contributed by atoms with Gasteiger partial charge in [-0.25, -0.2) is 4.39 Å². The van der Waals surface area contributed by atoms with Crippen LogP contribution in [-0.4, -0.2) is 49.9 Å². The van der Waals surface area contributed by atoms with Gasteiger partial charge < -0.3 is 9.64 Å². The Morgan fingerprint density at radius 3 is 2.83 bits per heavy atom. The smallest absolute Gasteiger partial charge is 0.269 e. The molecule has 0 bridgehead atoms. The van der Waals surface area contributed by atoms with E-state index in [1.807, 2.05) is 30.3 Å². The van der Waals surface area contributed by atoms with Crippen molar-refractivity contribution in [3.63, 3.8) is 0 Å². The Morgan fingerprint density at radius 2 is 2.07 bits per heavy atom. The Labute approximate surface area is 176 Å². The SMILES string of the molecule is COCCN1CCC(CSNNC(=O)c2cc(-c3ccccc3)cc(C)c2F)C1. The van der Waals surface area contributed by atoms with Gasteiger partial charge in [0.1, 0.15) is 5.82 Å². The third-order valence-corrected chi connectivity index (χ3v) is 6.03. The number of amides is 1. The molecular formula is C22H28FN3O2S. The molecule has 2 aromatic carbocycles. The molecule has 1 fully saturated rings. The first kappa shape index (κ1) is 21.8.